The molecule has 0 aliphatic rings. The maximum absolute atomic E-state index is 11.2. The first-order chi connectivity index (χ1) is 8.10. The van der Waals surface area contributed by atoms with Crippen LogP contribution in [0.15, 0.2) is 12.3 Å². The predicted octanol–water partition coefficient (Wildman–Crippen LogP) is -0.195. The SMILES string of the molecule is CNCCC(O)C(O)c1c[nH]c(C(=O)OC)c1. The number of hydrogen-bond donors (Lipinski definition) is 4. The van der Waals surface area contributed by atoms with Crippen LogP contribution in [0.1, 0.15) is 28.6 Å². The van der Waals surface area contributed by atoms with Crippen molar-refractivity contribution < 1.29 is 19.7 Å². The molecule has 0 aliphatic carbocycles. The fraction of sp³-hybridized carbons (Fsp3) is 0.545. The highest BCUT2D eigenvalue weighted by atomic mass is 16.5. The summed E-state index contributed by atoms with van der Waals surface area (Å²) in [5.41, 5.74) is 0.719. The minimum Gasteiger partial charge on any atom is -0.464 e. The number of aliphatic hydroxyl groups excluding tert-OH is 2. The Morgan fingerprint density at radius 2 is 2.29 bits per heavy atom. The van der Waals surface area contributed by atoms with Crippen LogP contribution in [-0.4, -0.2) is 48.0 Å². The van der Waals surface area contributed by atoms with Crippen molar-refractivity contribution in [1.29, 1.82) is 0 Å². The predicted molar refractivity (Wildman–Crippen MR) is 61.6 cm³/mol. The summed E-state index contributed by atoms with van der Waals surface area (Å²) in [6.07, 6.45) is 0.0254. The summed E-state index contributed by atoms with van der Waals surface area (Å²) >= 11 is 0. The van der Waals surface area contributed by atoms with Crippen LogP contribution in [0.5, 0.6) is 0 Å². The van der Waals surface area contributed by atoms with Crippen molar-refractivity contribution in [3.63, 3.8) is 0 Å². The van der Waals surface area contributed by atoms with Gasteiger partial charge in [0, 0.05) is 11.8 Å². The van der Waals surface area contributed by atoms with E-state index in [4.69, 9.17) is 0 Å². The third kappa shape index (κ3) is 3.55. The molecular weight excluding hydrogens is 224 g/mol. The Hall–Kier alpha value is -1.37. The van der Waals surface area contributed by atoms with Gasteiger partial charge >= 0.3 is 5.97 Å². The molecule has 6 nitrogen and oxygen atoms in total. The monoisotopic (exact) mass is 242 g/mol. The number of esters is 1. The van der Waals surface area contributed by atoms with Gasteiger partial charge in [0.1, 0.15) is 11.8 Å². The van der Waals surface area contributed by atoms with E-state index in [-0.39, 0.29) is 5.69 Å². The van der Waals surface area contributed by atoms with Gasteiger partial charge in [-0.25, -0.2) is 4.79 Å². The highest BCUT2D eigenvalue weighted by Crippen LogP contribution is 2.19. The molecule has 4 N–H and O–H groups in total. The second-order valence-corrected chi connectivity index (χ2v) is 3.74. The maximum atomic E-state index is 11.2. The molecule has 96 valence electrons. The Bertz CT molecular complexity index is 364. The highest BCUT2D eigenvalue weighted by Gasteiger charge is 2.20. The maximum Gasteiger partial charge on any atom is 0.354 e. The van der Waals surface area contributed by atoms with Gasteiger partial charge in [0.15, 0.2) is 0 Å². The Kier molecular flexibility index (Phi) is 5.14. The minimum atomic E-state index is -1.02. The van der Waals surface area contributed by atoms with Crippen molar-refractivity contribution >= 4 is 5.97 Å². The third-order valence-electron chi connectivity index (χ3n) is 2.51. The van der Waals surface area contributed by atoms with Gasteiger partial charge in [0.2, 0.25) is 0 Å². The molecule has 2 atom stereocenters. The van der Waals surface area contributed by atoms with E-state index >= 15 is 0 Å². The third-order valence-corrected chi connectivity index (χ3v) is 2.51. The second-order valence-electron chi connectivity index (χ2n) is 3.74. The van der Waals surface area contributed by atoms with Gasteiger partial charge < -0.3 is 25.3 Å². The first-order valence-electron chi connectivity index (χ1n) is 5.37. The molecule has 2 unspecified atom stereocenters. The quantitative estimate of drug-likeness (QED) is 0.518. The summed E-state index contributed by atoms with van der Waals surface area (Å²) in [5.74, 6) is -0.506. The molecule has 1 aromatic rings. The van der Waals surface area contributed by atoms with Gasteiger partial charge in [0.25, 0.3) is 0 Å². The Morgan fingerprint density at radius 1 is 1.59 bits per heavy atom. The minimum absolute atomic E-state index is 0.252. The molecule has 0 saturated heterocycles. The van der Waals surface area contributed by atoms with Crippen LogP contribution in [0.3, 0.4) is 0 Å². The number of aliphatic hydroxyl groups is 2. The lowest BCUT2D eigenvalue weighted by atomic mass is 10.0. The van der Waals surface area contributed by atoms with Gasteiger partial charge in [0.05, 0.1) is 13.2 Å². The van der Waals surface area contributed by atoms with Crippen molar-refractivity contribution in [1.82, 2.24) is 10.3 Å². The molecular formula is C11H18N2O4. The lowest BCUT2D eigenvalue weighted by Crippen LogP contribution is -2.23. The molecule has 0 fully saturated rings. The van der Waals surface area contributed by atoms with Crippen LogP contribution >= 0.6 is 0 Å². The number of ether oxygens (including phenoxy) is 1. The van der Waals surface area contributed by atoms with E-state index < -0.39 is 18.2 Å². The summed E-state index contributed by atoms with van der Waals surface area (Å²) in [6.45, 7) is 0.604. The van der Waals surface area contributed by atoms with Gasteiger partial charge in [-0.15, -0.1) is 0 Å². The van der Waals surface area contributed by atoms with Gasteiger partial charge in [-0.2, -0.15) is 0 Å². The first-order valence-corrected chi connectivity index (χ1v) is 5.37. The van der Waals surface area contributed by atoms with E-state index in [1.165, 1.54) is 19.4 Å². The number of rotatable bonds is 6. The molecule has 0 bridgehead atoms. The van der Waals surface area contributed by atoms with Crippen molar-refractivity contribution in [2.24, 2.45) is 0 Å². The standard InChI is InChI=1S/C11H18N2O4/c1-12-4-3-9(14)10(15)7-5-8(13-6-7)11(16)17-2/h5-6,9-10,12-15H,3-4H2,1-2H3. The van der Waals surface area contributed by atoms with E-state index in [1.807, 2.05) is 0 Å². The Balaban J connectivity index is 2.65. The number of carbonyl (C=O) groups excluding carboxylic acids is 1. The first kappa shape index (κ1) is 13.7. The molecule has 1 aromatic heterocycles. The average Bonchev–Trinajstić information content (AvgIpc) is 2.83. The smallest absolute Gasteiger partial charge is 0.354 e. The van der Waals surface area contributed by atoms with E-state index in [9.17, 15) is 15.0 Å². The van der Waals surface area contributed by atoms with Crippen LogP contribution in [0.25, 0.3) is 0 Å². The van der Waals surface area contributed by atoms with Crippen molar-refractivity contribution in [2.45, 2.75) is 18.6 Å². The van der Waals surface area contributed by atoms with Crippen LogP contribution in [0.2, 0.25) is 0 Å². The van der Waals surface area contributed by atoms with E-state index in [0.29, 0.717) is 18.5 Å². The number of carbonyl (C=O) groups is 1. The van der Waals surface area contributed by atoms with Crippen molar-refractivity contribution in [2.75, 3.05) is 20.7 Å². The molecule has 6 heteroatoms. The fourth-order valence-corrected chi connectivity index (χ4v) is 1.48. The van der Waals surface area contributed by atoms with Crippen LogP contribution in [-0.2, 0) is 4.74 Å². The number of methoxy groups -OCH3 is 1. The molecule has 0 radical (unpaired) electrons. The molecule has 17 heavy (non-hydrogen) atoms. The lowest BCUT2D eigenvalue weighted by molar-refractivity contribution is 0.0141. The average molecular weight is 242 g/mol. The summed E-state index contributed by atoms with van der Waals surface area (Å²) < 4.78 is 4.53. The number of aromatic nitrogens is 1. The lowest BCUT2D eigenvalue weighted by Gasteiger charge is -2.16. The van der Waals surface area contributed by atoms with Gasteiger partial charge in [-0.05, 0) is 26.1 Å². The fourth-order valence-electron chi connectivity index (χ4n) is 1.48. The molecule has 0 spiro atoms. The second kappa shape index (κ2) is 6.39. The molecule has 1 heterocycles. The molecule has 1 rings (SSSR count). The summed E-state index contributed by atoms with van der Waals surface area (Å²) in [7, 11) is 3.05. The number of H-pyrrole nitrogens is 1. The van der Waals surface area contributed by atoms with Gasteiger partial charge in [-0.1, -0.05) is 0 Å². The summed E-state index contributed by atoms with van der Waals surface area (Å²) in [6, 6.07) is 1.47. The van der Waals surface area contributed by atoms with Crippen LogP contribution < -0.4 is 5.32 Å². The molecule has 0 saturated carbocycles. The van der Waals surface area contributed by atoms with E-state index in [0.717, 1.165) is 0 Å². The number of nitrogens with one attached hydrogen (secondary N) is 2. The van der Waals surface area contributed by atoms with Crippen LogP contribution in [0.4, 0.5) is 0 Å². The van der Waals surface area contributed by atoms with Gasteiger partial charge in [-0.3, -0.25) is 0 Å². The molecule has 0 aromatic carbocycles. The van der Waals surface area contributed by atoms with Crippen molar-refractivity contribution in [3.8, 4) is 0 Å². The number of hydrogen-bond acceptors (Lipinski definition) is 5. The number of aromatic amines is 1. The molecule has 0 aliphatic heterocycles. The van der Waals surface area contributed by atoms with E-state index in [2.05, 4.69) is 15.0 Å². The van der Waals surface area contributed by atoms with E-state index in [1.54, 1.807) is 7.05 Å². The Morgan fingerprint density at radius 3 is 2.88 bits per heavy atom. The zero-order valence-corrected chi connectivity index (χ0v) is 9.93. The largest absolute Gasteiger partial charge is 0.464 e. The highest BCUT2D eigenvalue weighted by molar-refractivity contribution is 5.87. The summed E-state index contributed by atoms with van der Waals surface area (Å²) in [4.78, 5) is 13.9. The zero-order valence-electron chi connectivity index (χ0n) is 9.93. The summed E-state index contributed by atoms with van der Waals surface area (Å²) in [5, 5.41) is 22.4. The Labute approximate surface area is 99.6 Å². The molecule has 0 amide bonds. The van der Waals surface area contributed by atoms with Crippen molar-refractivity contribution in [3.05, 3.63) is 23.5 Å². The van der Waals surface area contributed by atoms with Crippen LogP contribution in [0, 0.1) is 0 Å². The zero-order chi connectivity index (χ0) is 12.8. The topological polar surface area (TPSA) is 94.6 Å². The normalized spacial score (nSPS) is 14.4.